The molecule has 3 heteroatoms. The number of aliphatic hydroxyl groups is 1. The van der Waals surface area contributed by atoms with Crippen LogP contribution in [-0.4, -0.2) is 17.2 Å². The van der Waals surface area contributed by atoms with Gasteiger partial charge in [-0.3, -0.25) is 9.59 Å². The number of carbonyl (C=O) groups is 2. The Bertz CT molecular complexity index is 300. The van der Waals surface area contributed by atoms with Gasteiger partial charge in [0.05, 0.1) is 6.61 Å². The van der Waals surface area contributed by atoms with Crippen LogP contribution in [0.25, 0.3) is 0 Å². The van der Waals surface area contributed by atoms with E-state index in [4.69, 9.17) is 5.11 Å². The second-order valence-corrected chi connectivity index (χ2v) is 2.74. The Labute approximate surface area is 76.0 Å². The van der Waals surface area contributed by atoms with Crippen molar-refractivity contribution in [2.45, 2.75) is 13.0 Å². The maximum atomic E-state index is 10.7. The van der Waals surface area contributed by atoms with Crippen LogP contribution in [0.2, 0.25) is 0 Å². The summed E-state index contributed by atoms with van der Waals surface area (Å²) in [5, 5.41) is 8.73. The summed E-state index contributed by atoms with van der Waals surface area (Å²) in [6.45, 7) is -0.0120. The summed E-state index contributed by atoms with van der Waals surface area (Å²) in [5.41, 5.74) is 1.58. The molecule has 1 aromatic rings. The molecular formula is C10H10O3. The molecule has 0 aliphatic heterocycles. The van der Waals surface area contributed by atoms with Crippen molar-refractivity contribution in [1.29, 1.82) is 0 Å². The summed E-state index contributed by atoms with van der Waals surface area (Å²) in [6.07, 6.45) is 0.454. The minimum Gasteiger partial charge on any atom is -0.392 e. The van der Waals surface area contributed by atoms with Crippen molar-refractivity contribution in [2.75, 3.05) is 0 Å². The van der Waals surface area contributed by atoms with Crippen molar-refractivity contribution in [3.63, 3.8) is 0 Å². The second kappa shape index (κ2) is 4.52. The van der Waals surface area contributed by atoms with Crippen LogP contribution in [0, 0.1) is 0 Å². The van der Waals surface area contributed by atoms with Gasteiger partial charge in [-0.15, -0.1) is 0 Å². The lowest BCUT2D eigenvalue weighted by Gasteiger charge is -1.98. The highest BCUT2D eigenvalue weighted by Crippen LogP contribution is 2.04. The number of rotatable bonds is 4. The summed E-state index contributed by atoms with van der Waals surface area (Å²) in [6, 6.07) is 6.92. The van der Waals surface area contributed by atoms with E-state index in [2.05, 4.69) is 0 Å². The van der Waals surface area contributed by atoms with E-state index in [1.807, 2.05) is 0 Å². The fourth-order valence-corrected chi connectivity index (χ4v) is 1.01. The topological polar surface area (TPSA) is 54.4 Å². The molecule has 13 heavy (non-hydrogen) atoms. The molecule has 0 aromatic heterocycles. The molecule has 0 saturated heterocycles. The molecule has 0 heterocycles. The molecule has 0 atom stereocenters. The number of ketones is 1. The smallest absolute Gasteiger partial charge is 0.199 e. The molecule has 0 bridgehead atoms. The van der Waals surface area contributed by atoms with Crippen LogP contribution in [0.15, 0.2) is 24.3 Å². The van der Waals surface area contributed by atoms with Gasteiger partial charge in [-0.25, -0.2) is 0 Å². The van der Waals surface area contributed by atoms with Crippen LogP contribution in [0.3, 0.4) is 0 Å². The number of Topliss-reactive ketones (excluding diaryl/α,β-unsaturated/α-hetero) is 1. The van der Waals surface area contributed by atoms with Crippen LogP contribution < -0.4 is 0 Å². The van der Waals surface area contributed by atoms with Gasteiger partial charge in [-0.2, -0.15) is 0 Å². The minimum absolute atomic E-state index is 0.0120. The third-order valence-corrected chi connectivity index (χ3v) is 1.72. The molecule has 1 rings (SSSR count). The molecule has 0 spiro atoms. The number of aliphatic hydroxyl groups excluding tert-OH is 1. The molecule has 0 aliphatic rings. The first kappa shape index (κ1) is 9.61. The van der Waals surface area contributed by atoms with Gasteiger partial charge in [-0.1, -0.05) is 24.3 Å². The lowest BCUT2D eigenvalue weighted by Crippen LogP contribution is -2.03. The Morgan fingerprint density at radius 3 is 2.23 bits per heavy atom. The normalized spacial score (nSPS) is 9.62. The minimum atomic E-state index is -0.434. The van der Waals surface area contributed by atoms with E-state index in [9.17, 15) is 9.59 Å². The van der Waals surface area contributed by atoms with Crippen LogP contribution in [0.4, 0.5) is 0 Å². The zero-order valence-corrected chi connectivity index (χ0v) is 7.06. The molecule has 1 N–H and O–H groups in total. The van der Waals surface area contributed by atoms with Crippen LogP contribution >= 0.6 is 0 Å². The van der Waals surface area contributed by atoms with Gasteiger partial charge >= 0.3 is 0 Å². The Morgan fingerprint density at radius 2 is 1.77 bits per heavy atom. The molecule has 0 radical (unpaired) electrons. The van der Waals surface area contributed by atoms with Crippen molar-refractivity contribution >= 4 is 12.1 Å². The van der Waals surface area contributed by atoms with E-state index in [1.165, 1.54) is 0 Å². The number of aldehydes is 1. The van der Waals surface area contributed by atoms with E-state index >= 15 is 0 Å². The first-order valence-corrected chi connectivity index (χ1v) is 3.93. The van der Waals surface area contributed by atoms with Crippen molar-refractivity contribution in [3.8, 4) is 0 Å². The highest BCUT2D eigenvalue weighted by Gasteiger charge is 2.00. The van der Waals surface area contributed by atoms with Crippen molar-refractivity contribution in [3.05, 3.63) is 35.4 Å². The highest BCUT2D eigenvalue weighted by molar-refractivity contribution is 6.25. The lowest BCUT2D eigenvalue weighted by atomic mass is 10.1. The average Bonchev–Trinajstić information content (AvgIpc) is 2.19. The van der Waals surface area contributed by atoms with Crippen LogP contribution in [0.1, 0.15) is 11.1 Å². The van der Waals surface area contributed by atoms with Gasteiger partial charge < -0.3 is 5.11 Å². The van der Waals surface area contributed by atoms with Crippen molar-refractivity contribution in [2.24, 2.45) is 0 Å². The van der Waals surface area contributed by atoms with Gasteiger partial charge in [0.25, 0.3) is 0 Å². The monoisotopic (exact) mass is 178 g/mol. The predicted molar refractivity (Wildman–Crippen MR) is 47.1 cm³/mol. The van der Waals surface area contributed by atoms with Gasteiger partial charge in [0.1, 0.15) is 0 Å². The molecule has 0 fully saturated rings. The molecule has 0 amide bonds. The summed E-state index contributed by atoms with van der Waals surface area (Å²) in [4.78, 5) is 20.8. The molecule has 0 saturated carbocycles. The fraction of sp³-hybridized carbons (Fsp3) is 0.200. The van der Waals surface area contributed by atoms with E-state index in [0.717, 1.165) is 11.1 Å². The molecule has 3 nitrogen and oxygen atoms in total. The van der Waals surface area contributed by atoms with Crippen molar-refractivity contribution < 1.29 is 14.7 Å². The summed E-state index contributed by atoms with van der Waals surface area (Å²) in [5.74, 6) is -0.434. The quantitative estimate of drug-likeness (QED) is 0.539. The maximum absolute atomic E-state index is 10.7. The molecular weight excluding hydrogens is 168 g/mol. The summed E-state index contributed by atoms with van der Waals surface area (Å²) >= 11 is 0. The number of hydrogen-bond acceptors (Lipinski definition) is 3. The van der Waals surface area contributed by atoms with E-state index in [1.54, 1.807) is 24.3 Å². The predicted octanol–water partition coefficient (Wildman–Crippen LogP) is 0.489. The summed E-state index contributed by atoms with van der Waals surface area (Å²) in [7, 11) is 0. The van der Waals surface area contributed by atoms with E-state index in [0.29, 0.717) is 6.29 Å². The Morgan fingerprint density at radius 1 is 1.23 bits per heavy atom. The third-order valence-electron chi connectivity index (χ3n) is 1.72. The Balaban J connectivity index is 2.69. The molecule has 68 valence electrons. The average molecular weight is 178 g/mol. The molecule has 1 aromatic carbocycles. The number of hydrogen-bond donors (Lipinski definition) is 1. The Kier molecular flexibility index (Phi) is 3.34. The van der Waals surface area contributed by atoms with E-state index in [-0.39, 0.29) is 13.0 Å². The zero-order valence-electron chi connectivity index (χ0n) is 7.06. The lowest BCUT2D eigenvalue weighted by molar-refractivity contribution is -0.129. The van der Waals surface area contributed by atoms with Crippen molar-refractivity contribution in [1.82, 2.24) is 0 Å². The SMILES string of the molecule is O=CC(=O)Cc1ccc(CO)cc1. The number of benzene rings is 1. The Hall–Kier alpha value is -1.48. The largest absolute Gasteiger partial charge is 0.392 e. The van der Waals surface area contributed by atoms with Crippen LogP contribution in [-0.2, 0) is 22.6 Å². The van der Waals surface area contributed by atoms with Gasteiger partial charge in [0, 0.05) is 6.42 Å². The molecule has 0 aliphatic carbocycles. The van der Waals surface area contributed by atoms with Gasteiger partial charge in [0.2, 0.25) is 0 Å². The van der Waals surface area contributed by atoms with E-state index < -0.39 is 5.78 Å². The fourth-order valence-electron chi connectivity index (χ4n) is 1.01. The molecule has 0 unspecified atom stereocenters. The highest BCUT2D eigenvalue weighted by atomic mass is 16.3. The maximum Gasteiger partial charge on any atom is 0.199 e. The first-order chi connectivity index (χ1) is 6.26. The van der Waals surface area contributed by atoms with Gasteiger partial charge in [-0.05, 0) is 11.1 Å². The standard InChI is InChI=1S/C10H10O3/c11-6-9-3-1-8(2-4-9)5-10(13)7-12/h1-4,7,11H,5-6H2. The first-order valence-electron chi connectivity index (χ1n) is 3.93. The summed E-state index contributed by atoms with van der Waals surface area (Å²) < 4.78 is 0. The van der Waals surface area contributed by atoms with Gasteiger partial charge in [0.15, 0.2) is 12.1 Å². The third kappa shape index (κ3) is 2.80. The van der Waals surface area contributed by atoms with Crippen LogP contribution in [0.5, 0.6) is 0 Å². The number of carbonyl (C=O) groups excluding carboxylic acids is 2. The second-order valence-electron chi connectivity index (χ2n) is 2.74. The zero-order chi connectivity index (χ0) is 9.68.